The molecule has 1 atom stereocenters. The predicted molar refractivity (Wildman–Crippen MR) is 59.2 cm³/mol. The van der Waals surface area contributed by atoms with Crippen molar-refractivity contribution in [3.8, 4) is 5.75 Å². The first-order valence-electron chi connectivity index (χ1n) is 5.44. The standard InChI is InChI=1S/C12H15NO3/c14-11(9-6-7-9)8-13-12(15)16-10-4-2-1-3-5-10/h1-5,9,11,14H,6-8H2,(H,13,15). The Bertz CT molecular complexity index is 349. The van der Waals surface area contributed by atoms with Gasteiger partial charge < -0.3 is 15.2 Å². The van der Waals surface area contributed by atoms with Crippen LogP contribution in [-0.2, 0) is 0 Å². The molecule has 1 aliphatic rings. The van der Waals surface area contributed by atoms with E-state index in [4.69, 9.17) is 4.74 Å². The van der Waals surface area contributed by atoms with E-state index in [1.165, 1.54) is 0 Å². The third-order valence-corrected chi connectivity index (χ3v) is 2.58. The Kier molecular flexibility index (Phi) is 3.41. The van der Waals surface area contributed by atoms with Crippen molar-refractivity contribution in [1.29, 1.82) is 0 Å². The van der Waals surface area contributed by atoms with Gasteiger partial charge in [-0.25, -0.2) is 4.79 Å². The SMILES string of the molecule is O=C(NCC(O)C1CC1)Oc1ccccc1. The molecule has 0 aliphatic heterocycles. The second-order valence-corrected chi connectivity index (χ2v) is 3.99. The van der Waals surface area contributed by atoms with Crippen LogP contribution in [0, 0.1) is 5.92 Å². The largest absolute Gasteiger partial charge is 0.412 e. The summed E-state index contributed by atoms with van der Waals surface area (Å²) in [5, 5.41) is 12.1. The number of aliphatic hydroxyl groups is 1. The molecule has 86 valence electrons. The van der Waals surface area contributed by atoms with Crippen molar-refractivity contribution in [1.82, 2.24) is 5.32 Å². The van der Waals surface area contributed by atoms with Crippen molar-refractivity contribution >= 4 is 6.09 Å². The van der Waals surface area contributed by atoms with E-state index < -0.39 is 12.2 Å². The molecule has 0 spiro atoms. The molecule has 0 bridgehead atoms. The zero-order valence-electron chi connectivity index (χ0n) is 8.93. The molecular formula is C12H15NO3. The summed E-state index contributed by atoms with van der Waals surface area (Å²) in [4.78, 5) is 11.3. The van der Waals surface area contributed by atoms with Crippen LogP contribution in [0.2, 0.25) is 0 Å². The number of carbonyl (C=O) groups is 1. The Morgan fingerprint density at radius 3 is 2.75 bits per heavy atom. The van der Waals surface area contributed by atoms with Gasteiger partial charge in [-0.3, -0.25) is 0 Å². The Morgan fingerprint density at radius 2 is 2.12 bits per heavy atom. The van der Waals surface area contributed by atoms with Crippen LogP contribution in [0.25, 0.3) is 0 Å². The highest BCUT2D eigenvalue weighted by Crippen LogP contribution is 2.32. The Labute approximate surface area is 94.2 Å². The predicted octanol–water partition coefficient (Wildman–Crippen LogP) is 1.55. The van der Waals surface area contributed by atoms with E-state index in [2.05, 4.69) is 5.32 Å². The third-order valence-electron chi connectivity index (χ3n) is 2.58. The van der Waals surface area contributed by atoms with Crippen LogP contribution in [-0.4, -0.2) is 23.8 Å². The molecular weight excluding hydrogens is 206 g/mol. The van der Waals surface area contributed by atoms with Crippen LogP contribution in [0.15, 0.2) is 30.3 Å². The summed E-state index contributed by atoms with van der Waals surface area (Å²) in [5.74, 6) is 0.859. The molecule has 1 saturated carbocycles. The zero-order valence-corrected chi connectivity index (χ0v) is 8.93. The van der Waals surface area contributed by atoms with Crippen LogP contribution in [0.3, 0.4) is 0 Å². The first-order valence-corrected chi connectivity index (χ1v) is 5.44. The van der Waals surface area contributed by atoms with Crippen molar-refractivity contribution in [2.75, 3.05) is 6.54 Å². The summed E-state index contributed by atoms with van der Waals surface area (Å²) in [6.07, 6.45) is 1.14. The quantitative estimate of drug-likeness (QED) is 0.811. The molecule has 1 unspecified atom stereocenters. The van der Waals surface area contributed by atoms with Gasteiger partial charge in [0.15, 0.2) is 0 Å². The lowest BCUT2D eigenvalue weighted by Gasteiger charge is -2.10. The smallest absolute Gasteiger partial charge is 0.410 e. The molecule has 4 heteroatoms. The number of nitrogens with one attached hydrogen (secondary N) is 1. The van der Waals surface area contributed by atoms with Crippen LogP contribution < -0.4 is 10.1 Å². The minimum atomic E-state index is -0.522. The van der Waals surface area contributed by atoms with Crippen molar-refractivity contribution in [2.24, 2.45) is 5.92 Å². The maximum absolute atomic E-state index is 11.3. The normalized spacial score (nSPS) is 16.6. The van der Waals surface area contributed by atoms with Crippen LogP contribution in [0.5, 0.6) is 5.75 Å². The van der Waals surface area contributed by atoms with Gasteiger partial charge in [-0.1, -0.05) is 18.2 Å². The number of rotatable bonds is 4. The molecule has 1 aromatic carbocycles. The minimum Gasteiger partial charge on any atom is -0.410 e. The van der Waals surface area contributed by atoms with Crippen LogP contribution in [0.1, 0.15) is 12.8 Å². The summed E-state index contributed by atoms with van der Waals surface area (Å²) >= 11 is 0. The van der Waals surface area contributed by atoms with Gasteiger partial charge in [-0.2, -0.15) is 0 Å². The van der Waals surface area contributed by atoms with Gasteiger partial charge in [0, 0.05) is 6.54 Å². The highest BCUT2D eigenvalue weighted by molar-refractivity contribution is 5.70. The van der Waals surface area contributed by atoms with E-state index in [0.717, 1.165) is 12.8 Å². The van der Waals surface area contributed by atoms with Gasteiger partial charge >= 0.3 is 6.09 Å². The molecule has 1 fully saturated rings. The fraction of sp³-hybridized carbons (Fsp3) is 0.417. The summed E-state index contributed by atoms with van der Waals surface area (Å²) in [7, 11) is 0. The number of hydrogen-bond acceptors (Lipinski definition) is 3. The fourth-order valence-electron chi connectivity index (χ4n) is 1.47. The lowest BCUT2D eigenvalue weighted by molar-refractivity contribution is 0.142. The van der Waals surface area contributed by atoms with E-state index >= 15 is 0 Å². The number of para-hydroxylation sites is 1. The third kappa shape index (κ3) is 3.24. The molecule has 0 radical (unpaired) electrons. The van der Waals surface area contributed by atoms with E-state index in [9.17, 15) is 9.90 Å². The molecule has 0 aromatic heterocycles. The number of benzene rings is 1. The Morgan fingerprint density at radius 1 is 1.44 bits per heavy atom. The number of carbonyl (C=O) groups excluding carboxylic acids is 1. The molecule has 4 nitrogen and oxygen atoms in total. The summed E-state index contributed by atoms with van der Waals surface area (Å²) in [6.45, 7) is 0.260. The molecule has 2 rings (SSSR count). The monoisotopic (exact) mass is 221 g/mol. The van der Waals surface area contributed by atoms with Crippen LogP contribution >= 0.6 is 0 Å². The highest BCUT2D eigenvalue weighted by atomic mass is 16.6. The molecule has 1 aromatic rings. The van der Waals surface area contributed by atoms with Gasteiger partial charge in [-0.05, 0) is 30.9 Å². The Balaban J connectivity index is 1.72. The van der Waals surface area contributed by atoms with Gasteiger partial charge in [0.1, 0.15) is 5.75 Å². The van der Waals surface area contributed by atoms with Gasteiger partial charge in [0.2, 0.25) is 0 Å². The summed E-state index contributed by atoms with van der Waals surface area (Å²) in [5.41, 5.74) is 0. The van der Waals surface area contributed by atoms with Gasteiger partial charge in [-0.15, -0.1) is 0 Å². The van der Waals surface area contributed by atoms with Crippen molar-refractivity contribution in [3.05, 3.63) is 30.3 Å². The van der Waals surface area contributed by atoms with E-state index in [1.807, 2.05) is 6.07 Å². The molecule has 2 N–H and O–H groups in total. The van der Waals surface area contributed by atoms with Gasteiger partial charge in [0.05, 0.1) is 6.10 Å². The molecule has 0 saturated heterocycles. The first kappa shape index (κ1) is 11.0. The average molecular weight is 221 g/mol. The van der Waals surface area contributed by atoms with Crippen molar-refractivity contribution in [3.63, 3.8) is 0 Å². The average Bonchev–Trinajstić information content (AvgIpc) is 3.11. The molecule has 1 aliphatic carbocycles. The lowest BCUT2D eigenvalue weighted by atomic mass is 10.2. The molecule has 1 amide bonds. The maximum Gasteiger partial charge on any atom is 0.412 e. The second-order valence-electron chi connectivity index (χ2n) is 3.99. The number of aliphatic hydroxyl groups excluding tert-OH is 1. The molecule has 16 heavy (non-hydrogen) atoms. The topological polar surface area (TPSA) is 58.6 Å². The van der Waals surface area contributed by atoms with E-state index in [1.54, 1.807) is 24.3 Å². The number of amides is 1. The number of hydrogen-bond donors (Lipinski definition) is 2. The highest BCUT2D eigenvalue weighted by Gasteiger charge is 2.29. The molecule has 0 heterocycles. The zero-order chi connectivity index (χ0) is 11.4. The summed E-state index contributed by atoms with van der Waals surface area (Å²) in [6, 6.07) is 8.85. The number of ether oxygens (including phenoxy) is 1. The minimum absolute atomic E-state index is 0.260. The lowest BCUT2D eigenvalue weighted by Crippen LogP contribution is -2.35. The first-order chi connectivity index (χ1) is 7.75. The van der Waals surface area contributed by atoms with Crippen molar-refractivity contribution < 1.29 is 14.6 Å². The summed E-state index contributed by atoms with van der Waals surface area (Å²) < 4.78 is 5.00. The van der Waals surface area contributed by atoms with Crippen molar-refractivity contribution in [2.45, 2.75) is 18.9 Å². The van der Waals surface area contributed by atoms with E-state index in [-0.39, 0.29) is 6.54 Å². The van der Waals surface area contributed by atoms with E-state index in [0.29, 0.717) is 11.7 Å². The second kappa shape index (κ2) is 4.99. The Hall–Kier alpha value is -1.55. The van der Waals surface area contributed by atoms with Crippen LogP contribution in [0.4, 0.5) is 4.79 Å². The van der Waals surface area contributed by atoms with Gasteiger partial charge in [0.25, 0.3) is 0 Å². The fourth-order valence-corrected chi connectivity index (χ4v) is 1.47. The maximum atomic E-state index is 11.3.